The molecule has 0 aliphatic rings. The molecule has 1 aromatic carbocycles. The molecular weight excluding hydrogens is 421 g/mol. The van der Waals surface area contributed by atoms with Gasteiger partial charge in [0, 0.05) is 13.5 Å². The predicted octanol–water partition coefficient (Wildman–Crippen LogP) is 2.56. The Morgan fingerprint density at radius 3 is 2.03 bits per heavy atom. The summed E-state index contributed by atoms with van der Waals surface area (Å²) in [6.45, 7) is 6.69. The number of hydrogen-bond donors (Lipinski definition) is 3. The van der Waals surface area contributed by atoms with Crippen molar-refractivity contribution in [1.29, 1.82) is 0 Å². The maximum absolute atomic E-state index is 11.7. The van der Waals surface area contributed by atoms with Gasteiger partial charge in [0.2, 0.25) is 0 Å². The number of aliphatic carboxylic acids is 1. The lowest BCUT2D eigenvalue weighted by Crippen LogP contribution is -2.37. The van der Waals surface area contributed by atoms with Gasteiger partial charge in [-0.05, 0) is 51.2 Å². The number of carboxylic acid groups (broad SMARTS) is 1. The number of hydrogen-bond acceptors (Lipinski definition) is 6. The van der Waals surface area contributed by atoms with E-state index in [-0.39, 0.29) is 19.4 Å². The van der Waals surface area contributed by atoms with Crippen LogP contribution in [0.15, 0.2) is 12.1 Å². The molecule has 0 unspecified atom stereocenters. The van der Waals surface area contributed by atoms with Gasteiger partial charge in [-0.15, -0.1) is 0 Å². The fraction of sp³-hybridized carbons (Fsp3) is 0.500. The summed E-state index contributed by atoms with van der Waals surface area (Å²) in [7, 11) is 0. The van der Waals surface area contributed by atoms with Crippen molar-refractivity contribution in [2.24, 2.45) is 5.73 Å². The summed E-state index contributed by atoms with van der Waals surface area (Å²) in [4.78, 5) is 42.8. The van der Waals surface area contributed by atoms with Crippen LogP contribution >= 0.6 is 0 Å². The van der Waals surface area contributed by atoms with Gasteiger partial charge in [-0.1, -0.05) is 17.7 Å². The number of nitrogens with two attached hydrogens (primary N) is 1. The lowest BCUT2D eigenvalue weighted by atomic mass is 10.00. The monoisotopic (exact) mass is 448 g/mol. The predicted molar refractivity (Wildman–Crippen MR) is 105 cm³/mol. The van der Waals surface area contributed by atoms with Gasteiger partial charge in [0.1, 0.15) is 6.04 Å². The van der Waals surface area contributed by atoms with Crippen LogP contribution in [-0.2, 0) is 19.1 Å². The molecule has 0 saturated heterocycles. The second-order valence-electron chi connectivity index (χ2n) is 6.85. The largest absolute Gasteiger partial charge is 0.480 e. The minimum Gasteiger partial charge on any atom is -0.480 e. The molecule has 0 bridgehead atoms. The number of carbonyl (C=O) groups excluding carboxylic acids is 3. The third kappa shape index (κ3) is 11.1. The second kappa shape index (κ2) is 12.7. The van der Waals surface area contributed by atoms with E-state index in [4.69, 9.17) is 10.8 Å². The van der Waals surface area contributed by atoms with E-state index in [2.05, 4.69) is 4.74 Å². The van der Waals surface area contributed by atoms with E-state index in [0.717, 1.165) is 16.7 Å². The Bertz CT molecular complexity index is 786. The lowest BCUT2D eigenvalue weighted by molar-refractivity contribution is -0.173. The van der Waals surface area contributed by atoms with Crippen LogP contribution in [0.1, 0.15) is 53.2 Å². The molecule has 1 atom stereocenters. The molecule has 0 heterocycles. The average Bonchev–Trinajstić information content (AvgIpc) is 2.59. The lowest BCUT2D eigenvalue weighted by Gasteiger charge is -2.08. The number of amides is 1. The van der Waals surface area contributed by atoms with Gasteiger partial charge in [0.05, 0.1) is 5.56 Å². The summed E-state index contributed by atoms with van der Waals surface area (Å²) in [6.07, 6.45) is -4.12. The van der Waals surface area contributed by atoms with Gasteiger partial charge in [-0.25, -0.2) is 4.79 Å². The van der Waals surface area contributed by atoms with E-state index in [1.807, 2.05) is 32.9 Å². The molecule has 1 aromatic rings. The second-order valence-corrected chi connectivity index (χ2v) is 6.85. The van der Waals surface area contributed by atoms with Crippen LogP contribution in [0.5, 0.6) is 0 Å². The highest BCUT2D eigenvalue weighted by atomic mass is 19.4. The zero-order valence-electron chi connectivity index (χ0n) is 17.8. The molecule has 0 aromatic heterocycles. The van der Waals surface area contributed by atoms with E-state index in [0.29, 0.717) is 12.0 Å². The summed E-state index contributed by atoms with van der Waals surface area (Å²) in [5, 5.41) is 10.1. The smallest absolute Gasteiger partial charge is 0.471 e. The van der Waals surface area contributed by atoms with Crippen molar-refractivity contribution in [2.45, 2.75) is 59.2 Å². The minimum absolute atomic E-state index is 0.148. The molecule has 1 rings (SSSR count). The number of benzene rings is 1. The number of halogens is 3. The van der Waals surface area contributed by atoms with Crippen LogP contribution in [0.2, 0.25) is 0 Å². The van der Waals surface area contributed by atoms with E-state index in [1.165, 1.54) is 6.92 Å². The van der Waals surface area contributed by atoms with Crippen LogP contribution in [-0.4, -0.2) is 47.7 Å². The van der Waals surface area contributed by atoms with Crippen molar-refractivity contribution < 1.29 is 42.2 Å². The summed E-state index contributed by atoms with van der Waals surface area (Å²) < 4.78 is 39.6. The molecule has 1 amide bonds. The van der Waals surface area contributed by atoms with Gasteiger partial charge in [0.25, 0.3) is 0 Å². The molecule has 0 aliphatic carbocycles. The average molecular weight is 448 g/mol. The molecule has 11 heteroatoms. The number of ether oxygens (including phenoxy) is 1. The van der Waals surface area contributed by atoms with Gasteiger partial charge < -0.3 is 20.9 Å². The van der Waals surface area contributed by atoms with Crippen LogP contribution in [0.25, 0.3) is 0 Å². The third-order valence-electron chi connectivity index (χ3n) is 3.92. The first-order chi connectivity index (χ1) is 14.2. The summed E-state index contributed by atoms with van der Waals surface area (Å²) >= 11 is 0. The van der Waals surface area contributed by atoms with E-state index in [9.17, 15) is 32.3 Å². The zero-order valence-corrected chi connectivity index (χ0v) is 17.8. The fourth-order valence-corrected chi connectivity index (χ4v) is 2.60. The van der Waals surface area contributed by atoms with Crippen molar-refractivity contribution >= 4 is 23.8 Å². The Hall–Kier alpha value is -2.95. The summed E-state index contributed by atoms with van der Waals surface area (Å²) in [5.41, 5.74) is 8.39. The molecular formula is C20H27F3N2O6. The first-order valence-electron chi connectivity index (χ1n) is 9.30. The third-order valence-corrected chi connectivity index (χ3v) is 3.92. The highest BCUT2D eigenvalue weighted by Crippen LogP contribution is 2.17. The summed E-state index contributed by atoms with van der Waals surface area (Å²) in [5.74, 6) is -4.30. The number of unbranched alkanes of at least 4 members (excludes halogenated alkanes) is 1. The van der Waals surface area contributed by atoms with Crippen molar-refractivity contribution in [3.05, 3.63) is 34.4 Å². The molecule has 0 saturated carbocycles. The molecule has 0 aliphatic heterocycles. The van der Waals surface area contributed by atoms with Crippen molar-refractivity contribution in [3.8, 4) is 0 Å². The highest BCUT2D eigenvalue weighted by molar-refractivity contribution is 5.98. The van der Waals surface area contributed by atoms with Gasteiger partial charge in [0.15, 0.2) is 0 Å². The van der Waals surface area contributed by atoms with Crippen LogP contribution in [0.4, 0.5) is 13.2 Å². The number of alkyl halides is 3. The normalized spacial score (nSPS) is 11.6. The van der Waals surface area contributed by atoms with Gasteiger partial charge in [-0.2, -0.15) is 13.2 Å². The number of carbonyl (C=O) groups is 4. The van der Waals surface area contributed by atoms with Crippen molar-refractivity contribution in [2.75, 3.05) is 6.54 Å². The first kappa shape index (κ1) is 28.1. The Labute approximate surface area is 177 Å². The number of nitrogens with one attached hydrogen (secondary N) is 1. The van der Waals surface area contributed by atoms with E-state index in [1.54, 1.807) is 5.32 Å². The highest BCUT2D eigenvalue weighted by Gasteiger charge is 2.38. The number of rotatable bonds is 7. The first-order valence-corrected chi connectivity index (χ1v) is 9.30. The topological polar surface area (TPSA) is 136 Å². The summed E-state index contributed by atoms with van der Waals surface area (Å²) in [6, 6.07) is 2.77. The van der Waals surface area contributed by atoms with Crippen LogP contribution in [0, 0.1) is 20.8 Å². The molecule has 4 N–H and O–H groups in total. The van der Waals surface area contributed by atoms with Crippen molar-refractivity contribution in [3.63, 3.8) is 0 Å². The van der Waals surface area contributed by atoms with Crippen LogP contribution < -0.4 is 11.1 Å². The Balaban J connectivity index is 0.000000581. The molecule has 174 valence electrons. The maximum atomic E-state index is 11.7. The molecule has 0 spiro atoms. The molecule has 31 heavy (non-hydrogen) atoms. The Morgan fingerprint density at radius 1 is 1.10 bits per heavy atom. The Kier molecular flexibility index (Phi) is 11.5. The SMILES string of the molecule is CC(=O)OC(=O)c1c(C)cc(C)cc1C.N[C@@H](CCCCNC(=O)C(F)(F)F)C(=O)O. The fourth-order valence-electron chi connectivity index (χ4n) is 2.60. The van der Waals surface area contributed by atoms with E-state index >= 15 is 0 Å². The maximum Gasteiger partial charge on any atom is 0.471 e. The standard InChI is InChI=1S/C12H14O3.C8H13F3N2O3/c1-7-5-8(2)11(9(3)6-7)12(14)15-10(4)13;9-8(10,11)7(16)13-4-2-1-3-5(12)6(14)15/h5-6H,1-4H3;5H,1-4,12H2,(H,13,16)(H,14,15)/t;5-/m.0/s1. The van der Waals surface area contributed by atoms with Crippen LogP contribution in [0.3, 0.4) is 0 Å². The molecule has 0 fully saturated rings. The van der Waals surface area contributed by atoms with E-state index < -0.39 is 36.0 Å². The number of esters is 2. The quantitative estimate of drug-likeness (QED) is 0.331. The number of aryl methyl sites for hydroxylation is 3. The Morgan fingerprint density at radius 2 is 1.61 bits per heavy atom. The molecule has 8 nitrogen and oxygen atoms in total. The minimum atomic E-state index is -4.88. The molecule has 0 radical (unpaired) electrons. The zero-order chi connectivity index (χ0) is 24.4. The van der Waals surface area contributed by atoms with Gasteiger partial charge in [-0.3, -0.25) is 14.4 Å². The van der Waals surface area contributed by atoms with Gasteiger partial charge >= 0.3 is 30.0 Å². The van der Waals surface area contributed by atoms with Crippen molar-refractivity contribution in [1.82, 2.24) is 5.32 Å². The number of carboxylic acids is 1.